The van der Waals surface area contributed by atoms with Crippen LogP contribution in [-0.2, 0) is 5.54 Å². The lowest BCUT2D eigenvalue weighted by atomic mass is 9.94. The Morgan fingerprint density at radius 2 is 1.89 bits per heavy atom. The molecule has 0 bridgehead atoms. The average Bonchev–Trinajstić information content (AvgIpc) is 3.48. The molecule has 0 aromatic carbocycles. The van der Waals surface area contributed by atoms with Gasteiger partial charge in [0.2, 0.25) is 5.95 Å². The van der Waals surface area contributed by atoms with Crippen LogP contribution in [0, 0.1) is 5.92 Å². The van der Waals surface area contributed by atoms with Gasteiger partial charge in [-0.15, -0.1) is 0 Å². The summed E-state index contributed by atoms with van der Waals surface area (Å²) in [5.41, 5.74) is 2.59. The third-order valence-electron chi connectivity index (χ3n) is 7.71. The normalized spacial score (nSPS) is 20.0. The van der Waals surface area contributed by atoms with Gasteiger partial charge in [0, 0.05) is 50.9 Å². The molecule has 9 heteroatoms. The van der Waals surface area contributed by atoms with E-state index in [9.17, 15) is 4.79 Å². The highest BCUT2D eigenvalue weighted by atomic mass is 16.2. The van der Waals surface area contributed by atoms with Gasteiger partial charge in [-0.2, -0.15) is 4.98 Å². The van der Waals surface area contributed by atoms with Crippen LogP contribution in [0.1, 0.15) is 50.0 Å². The lowest BCUT2D eigenvalue weighted by molar-refractivity contribution is 0.0876. The summed E-state index contributed by atoms with van der Waals surface area (Å²) in [6, 6.07) is 6.02. The van der Waals surface area contributed by atoms with Crippen molar-refractivity contribution in [1.29, 1.82) is 0 Å². The zero-order chi connectivity index (χ0) is 24.0. The second-order valence-electron chi connectivity index (χ2n) is 10.7. The summed E-state index contributed by atoms with van der Waals surface area (Å²) in [7, 11) is 0. The molecule has 1 amide bonds. The number of piperazine rings is 1. The number of pyridine rings is 1. The molecule has 0 atom stereocenters. The number of hydrogen-bond donors (Lipinski definition) is 2. The Morgan fingerprint density at radius 1 is 1.09 bits per heavy atom. The Kier molecular flexibility index (Phi) is 5.59. The molecule has 0 radical (unpaired) electrons. The molecule has 3 aromatic rings. The summed E-state index contributed by atoms with van der Waals surface area (Å²) in [5.74, 6) is 1.89. The molecule has 1 saturated carbocycles. The lowest BCUT2D eigenvalue weighted by Crippen LogP contribution is -2.50. The van der Waals surface area contributed by atoms with Crippen molar-refractivity contribution >= 4 is 34.4 Å². The van der Waals surface area contributed by atoms with E-state index in [0.717, 1.165) is 62.3 Å². The van der Waals surface area contributed by atoms with Crippen LogP contribution in [0.4, 0.5) is 17.5 Å². The monoisotopic (exact) mass is 474 g/mol. The van der Waals surface area contributed by atoms with Crippen LogP contribution in [0.3, 0.4) is 0 Å². The smallest absolute Gasteiger partial charge is 0.268 e. The summed E-state index contributed by atoms with van der Waals surface area (Å²) in [6.45, 7) is 10.6. The van der Waals surface area contributed by atoms with Crippen LogP contribution in [-0.4, -0.2) is 69.6 Å². The first-order valence-electron chi connectivity index (χ1n) is 12.9. The van der Waals surface area contributed by atoms with Crippen molar-refractivity contribution in [1.82, 2.24) is 29.7 Å². The Labute approximate surface area is 205 Å². The van der Waals surface area contributed by atoms with Gasteiger partial charge in [0.1, 0.15) is 17.2 Å². The second kappa shape index (κ2) is 8.78. The van der Waals surface area contributed by atoms with Gasteiger partial charge in [-0.05, 0) is 37.0 Å². The van der Waals surface area contributed by atoms with Crippen molar-refractivity contribution in [3.05, 3.63) is 36.3 Å². The molecule has 9 nitrogen and oxygen atoms in total. The minimum absolute atomic E-state index is 0.0303. The Balaban J connectivity index is 1.20. The van der Waals surface area contributed by atoms with Crippen molar-refractivity contribution in [2.45, 2.75) is 45.1 Å². The molecule has 0 unspecified atom stereocenters. The predicted octanol–water partition coefficient (Wildman–Crippen LogP) is 3.36. The van der Waals surface area contributed by atoms with E-state index in [4.69, 9.17) is 4.98 Å². The molecule has 5 heterocycles. The van der Waals surface area contributed by atoms with Gasteiger partial charge in [0.25, 0.3) is 5.91 Å². The van der Waals surface area contributed by atoms with Crippen molar-refractivity contribution < 1.29 is 4.79 Å². The van der Waals surface area contributed by atoms with Crippen LogP contribution >= 0.6 is 0 Å². The van der Waals surface area contributed by atoms with Crippen LogP contribution in [0.2, 0.25) is 0 Å². The lowest BCUT2D eigenvalue weighted by Gasteiger charge is -2.37. The van der Waals surface area contributed by atoms with Crippen LogP contribution in [0.25, 0.3) is 11.0 Å². The molecule has 2 aliphatic heterocycles. The number of rotatable bonds is 5. The summed E-state index contributed by atoms with van der Waals surface area (Å²) in [4.78, 5) is 31.5. The van der Waals surface area contributed by atoms with Crippen molar-refractivity contribution in [3.8, 4) is 0 Å². The van der Waals surface area contributed by atoms with Gasteiger partial charge in [-0.25, -0.2) is 9.97 Å². The summed E-state index contributed by atoms with van der Waals surface area (Å²) in [5, 5.41) is 7.25. The predicted molar refractivity (Wildman–Crippen MR) is 137 cm³/mol. The quantitative estimate of drug-likeness (QED) is 0.586. The van der Waals surface area contributed by atoms with E-state index < -0.39 is 0 Å². The fraction of sp³-hybridized carbons (Fsp3) is 0.538. The molecule has 2 N–H and O–H groups in total. The highest BCUT2D eigenvalue weighted by molar-refractivity contribution is 5.99. The van der Waals surface area contributed by atoms with Gasteiger partial charge in [0.05, 0.1) is 17.4 Å². The van der Waals surface area contributed by atoms with Gasteiger partial charge < -0.3 is 20.1 Å². The maximum Gasteiger partial charge on any atom is 0.268 e. The fourth-order valence-electron chi connectivity index (χ4n) is 6.01. The minimum Gasteiger partial charge on any atom is -0.368 e. The molecular formula is C26H34N8O. The maximum atomic E-state index is 12.6. The van der Waals surface area contributed by atoms with Gasteiger partial charge in [0.15, 0.2) is 0 Å². The van der Waals surface area contributed by atoms with Crippen LogP contribution < -0.4 is 15.5 Å². The van der Waals surface area contributed by atoms with E-state index in [1.54, 1.807) is 6.20 Å². The van der Waals surface area contributed by atoms with Crippen molar-refractivity contribution in [2.24, 2.45) is 5.92 Å². The third kappa shape index (κ3) is 4.11. The number of aromatic nitrogens is 4. The highest BCUT2D eigenvalue weighted by Gasteiger charge is 2.42. The van der Waals surface area contributed by atoms with Crippen LogP contribution in [0.15, 0.2) is 30.6 Å². The summed E-state index contributed by atoms with van der Waals surface area (Å²) in [6.07, 6.45) is 8.20. The number of amides is 1. The average molecular weight is 475 g/mol. The molecule has 1 spiro atoms. The maximum absolute atomic E-state index is 12.6. The van der Waals surface area contributed by atoms with E-state index in [0.29, 0.717) is 29.9 Å². The Bertz CT molecular complexity index is 1220. The molecule has 2 fully saturated rings. The number of nitrogens with one attached hydrogen (secondary N) is 2. The van der Waals surface area contributed by atoms with Crippen molar-refractivity contribution in [3.63, 3.8) is 0 Å². The highest BCUT2D eigenvalue weighted by Crippen LogP contribution is 2.41. The van der Waals surface area contributed by atoms with E-state index in [2.05, 4.69) is 54.9 Å². The summed E-state index contributed by atoms with van der Waals surface area (Å²) < 4.78 is 2.18. The largest absolute Gasteiger partial charge is 0.368 e. The van der Waals surface area contributed by atoms with Crippen LogP contribution in [0.5, 0.6) is 0 Å². The van der Waals surface area contributed by atoms with E-state index >= 15 is 0 Å². The number of nitrogens with zero attached hydrogens (tertiary/aromatic N) is 6. The zero-order valence-corrected chi connectivity index (χ0v) is 20.6. The number of carbonyl (C=O) groups excluding carboxylic acids is 1. The number of fused-ring (bicyclic) bond motifs is 4. The van der Waals surface area contributed by atoms with Gasteiger partial charge >= 0.3 is 0 Å². The molecule has 6 rings (SSSR count). The third-order valence-corrected chi connectivity index (χ3v) is 7.71. The van der Waals surface area contributed by atoms with Gasteiger partial charge in [-0.1, -0.05) is 26.7 Å². The topological polar surface area (TPSA) is 91.2 Å². The molecule has 3 aliphatic rings. The first-order chi connectivity index (χ1) is 17.0. The molecule has 184 valence electrons. The Morgan fingerprint density at radius 3 is 2.60 bits per heavy atom. The minimum atomic E-state index is -0.0737. The SMILES string of the molecule is CC(C)CN1CCN(c2ccc(Nc3ncc4cc5n(c4n3)C3(CCCC3)CNC5=O)nc2)CC1. The second-order valence-corrected chi connectivity index (χ2v) is 10.7. The van der Waals surface area contributed by atoms with Gasteiger partial charge in [-0.3, -0.25) is 9.69 Å². The number of carbonyl (C=O) groups is 1. The van der Waals surface area contributed by atoms with E-state index in [1.165, 1.54) is 12.8 Å². The zero-order valence-electron chi connectivity index (χ0n) is 20.6. The molecule has 1 saturated heterocycles. The Hall–Kier alpha value is -3.20. The first-order valence-corrected chi connectivity index (χ1v) is 12.9. The molecular weight excluding hydrogens is 440 g/mol. The van der Waals surface area contributed by atoms with Crippen molar-refractivity contribution in [2.75, 3.05) is 49.5 Å². The molecule has 3 aromatic heterocycles. The first kappa shape index (κ1) is 22.3. The fourth-order valence-corrected chi connectivity index (χ4v) is 6.01. The van der Waals surface area contributed by atoms with E-state index in [1.807, 2.05) is 18.3 Å². The number of anilines is 3. The van der Waals surface area contributed by atoms with E-state index in [-0.39, 0.29) is 11.4 Å². The molecule has 35 heavy (non-hydrogen) atoms. The summed E-state index contributed by atoms with van der Waals surface area (Å²) >= 11 is 0. The standard InChI is InChI=1S/C26H34N8O/c1-18(2)16-32-9-11-33(12-10-32)20-5-6-22(27-15-20)30-25-28-14-19-13-21-24(35)29-17-26(7-3-4-8-26)34(21)23(19)31-25/h5-6,13-15,18H,3-4,7-12,16-17H2,1-2H3,(H,29,35)(H,27,28,30,31). The number of hydrogen-bond acceptors (Lipinski definition) is 7. The molecule has 1 aliphatic carbocycles.